The van der Waals surface area contributed by atoms with Gasteiger partial charge in [0.1, 0.15) is 11.3 Å². The Balaban J connectivity index is 2.92. The highest BCUT2D eigenvalue weighted by molar-refractivity contribution is 6.31. The predicted octanol–water partition coefficient (Wildman–Crippen LogP) is 4.01. The molecule has 0 amide bonds. The van der Waals surface area contributed by atoms with Gasteiger partial charge in [0, 0.05) is 15.9 Å². The molecule has 130 valence electrons. The molecule has 0 aliphatic rings. The van der Waals surface area contributed by atoms with E-state index < -0.39 is 34.8 Å². The fraction of sp³-hybridized carbons (Fsp3) is 0.286. The van der Waals surface area contributed by atoms with Gasteiger partial charge in [-0.15, -0.1) is 0 Å². The van der Waals surface area contributed by atoms with Gasteiger partial charge in [-0.1, -0.05) is 11.6 Å². The Bertz CT molecular complexity index is 860. The first-order chi connectivity index (χ1) is 11.0. The molecule has 1 heterocycles. The van der Waals surface area contributed by atoms with E-state index in [0.29, 0.717) is 0 Å². The SMILES string of the molecule is CCOC(=O)c1c(C(F)(F)C(F)(F)F)[nH]c2ccc(Cl)cc2c1=O. The monoisotopic (exact) mass is 369 g/mol. The van der Waals surface area contributed by atoms with Crippen LogP contribution in [0.25, 0.3) is 10.9 Å². The Morgan fingerprint density at radius 1 is 1.25 bits per heavy atom. The predicted molar refractivity (Wildman–Crippen MR) is 75.5 cm³/mol. The number of halogens is 6. The number of hydrogen-bond donors (Lipinski definition) is 1. The lowest BCUT2D eigenvalue weighted by atomic mass is 10.0. The number of esters is 1. The minimum Gasteiger partial charge on any atom is -0.462 e. The number of H-pyrrole nitrogens is 1. The first-order valence-electron chi connectivity index (χ1n) is 6.48. The molecule has 1 aromatic heterocycles. The van der Waals surface area contributed by atoms with Crippen molar-refractivity contribution in [2.45, 2.75) is 19.0 Å². The van der Waals surface area contributed by atoms with Crippen LogP contribution < -0.4 is 5.43 Å². The van der Waals surface area contributed by atoms with E-state index in [-0.39, 0.29) is 22.5 Å². The summed E-state index contributed by atoms with van der Waals surface area (Å²) in [5, 5.41) is -0.273. The minimum absolute atomic E-state index is 0.0399. The minimum atomic E-state index is -6.02. The van der Waals surface area contributed by atoms with Crippen LogP contribution >= 0.6 is 11.6 Å². The zero-order valence-corrected chi connectivity index (χ0v) is 12.7. The van der Waals surface area contributed by atoms with Crippen molar-refractivity contribution in [1.82, 2.24) is 4.98 Å². The van der Waals surface area contributed by atoms with E-state index in [0.717, 1.165) is 12.1 Å². The number of benzene rings is 1. The Hall–Kier alpha value is -2.16. The second-order valence-corrected chi connectivity index (χ2v) is 5.12. The average Bonchev–Trinajstić information content (AvgIpc) is 2.46. The summed E-state index contributed by atoms with van der Waals surface area (Å²) < 4.78 is 70.1. The topological polar surface area (TPSA) is 59.2 Å². The molecule has 1 N–H and O–H groups in total. The summed E-state index contributed by atoms with van der Waals surface area (Å²) >= 11 is 5.69. The molecule has 0 radical (unpaired) electrons. The van der Waals surface area contributed by atoms with Crippen LogP contribution in [0.2, 0.25) is 5.02 Å². The molecular weight excluding hydrogens is 361 g/mol. The normalized spacial score (nSPS) is 12.5. The van der Waals surface area contributed by atoms with Crippen LogP contribution in [0.4, 0.5) is 22.0 Å². The number of nitrogens with one attached hydrogen (secondary N) is 1. The zero-order valence-electron chi connectivity index (χ0n) is 11.9. The molecule has 0 fully saturated rings. The summed E-state index contributed by atoms with van der Waals surface area (Å²) in [6.07, 6.45) is -6.02. The Kier molecular flexibility index (Phi) is 4.58. The molecule has 0 spiro atoms. The summed E-state index contributed by atoms with van der Waals surface area (Å²) in [5.74, 6) is -7.04. The Morgan fingerprint density at radius 3 is 2.42 bits per heavy atom. The second-order valence-electron chi connectivity index (χ2n) is 4.69. The van der Waals surface area contributed by atoms with Gasteiger partial charge in [0.05, 0.1) is 6.61 Å². The van der Waals surface area contributed by atoms with Crippen molar-refractivity contribution in [3.63, 3.8) is 0 Å². The van der Waals surface area contributed by atoms with Gasteiger partial charge in [0.15, 0.2) is 0 Å². The largest absolute Gasteiger partial charge is 0.462 e. The first-order valence-corrected chi connectivity index (χ1v) is 6.86. The van der Waals surface area contributed by atoms with Crippen LogP contribution in [0.1, 0.15) is 23.0 Å². The lowest BCUT2D eigenvalue weighted by molar-refractivity contribution is -0.291. The van der Waals surface area contributed by atoms with Crippen molar-refractivity contribution in [3.8, 4) is 0 Å². The van der Waals surface area contributed by atoms with E-state index >= 15 is 0 Å². The number of pyridine rings is 1. The van der Waals surface area contributed by atoms with Gasteiger partial charge in [-0.3, -0.25) is 4.79 Å². The Labute approximate surface area is 136 Å². The smallest absolute Gasteiger partial charge is 0.459 e. The molecular formula is C14H9ClF5NO3. The number of aromatic amines is 1. The average molecular weight is 370 g/mol. The summed E-state index contributed by atoms with van der Waals surface area (Å²) in [6.45, 7) is 0.995. The standard InChI is InChI=1S/C14H9ClF5NO3/c1-2-24-12(23)9-10(22)7-5-6(15)3-4-8(7)21-11(9)13(16,17)14(18,19)20/h3-5H,2H2,1H3,(H,21,22). The van der Waals surface area contributed by atoms with Gasteiger partial charge in [-0.05, 0) is 25.1 Å². The molecule has 0 aliphatic carbocycles. The highest BCUT2D eigenvalue weighted by Gasteiger charge is 2.61. The number of alkyl halides is 5. The van der Waals surface area contributed by atoms with Crippen LogP contribution in [0.3, 0.4) is 0 Å². The van der Waals surface area contributed by atoms with E-state index in [1.807, 2.05) is 4.98 Å². The van der Waals surface area contributed by atoms with Gasteiger partial charge >= 0.3 is 18.1 Å². The molecule has 10 heteroatoms. The fourth-order valence-corrected chi connectivity index (χ4v) is 2.21. The van der Waals surface area contributed by atoms with Gasteiger partial charge in [0.2, 0.25) is 5.43 Å². The van der Waals surface area contributed by atoms with Gasteiger partial charge < -0.3 is 9.72 Å². The number of carbonyl (C=O) groups excluding carboxylic acids is 1. The Morgan fingerprint density at radius 2 is 1.88 bits per heavy atom. The molecule has 1 aromatic carbocycles. The summed E-state index contributed by atoms with van der Waals surface area (Å²) in [5.41, 5.74) is -4.93. The molecule has 0 atom stereocenters. The first kappa shape index (κ1) is 18.2. The van der Waals surface area contributed by atoms with Gasteiger partial charge in [-0.25, -0.2) is 4.79 Å². The third-order valence-corrected chi connectivity index (χ3v) is 3.35. The summed E-state index contributed by atoms with van der Waals surface area (Å²) in [4.78, 5) is 25.9. The number of hydrogen-bond acceptors (Lipinski definition) is 3. The molecule has 2 aromatic rings. The molecule has 24 heavy (non-hydrogen) atoms. The number of ether oxygens (including phenoxy) is 1. The van der Waals surface area contributed by atoms with Crippen molar-refractivity contribution < 1.29 is 31.5 Å². The van der Waals surface area contributed by atoms with Crippen molar-refractivity contribution in [2.24, 2.45) is 0 Å². The van der Waals surface area contributed by atoms with E-state index in [1.54, 1.807) is 0 Å². The lowest BCUT2D eigenvalue weighted by Crippen LogP contribution is -2.38. The van der Waals surface area contributed by atoms with E-state index in [4.69, 9.17) is 11.6 Å². The third kappa shape index (κ3) is 2.95. The highest BCUT2D eigenvalue weighted by atomic mass is 35.5. The zero-order chi connectivity index (χ0) is 18.3. The lowest BCUT2D eigenvalue weighted by Gasteiger charge is -2.22. The van der Waals surface area contributed by atoms with Crippen LogP contribution in [0.5, 0.6) is 0 Å². The van der Waals surface area contributed by atoms with Crippen molar-refractivity contribution >= 4 is 28.5 Å². The van der Waals surface area contributed by atoms with Crippen molar-refractivity contribution in [1.29, 1.82) is 0 Å². The number of carbonyl (C=O) groups is 1. The molecule has 0 unspecified atom stereocenters. The fourth-order valence-electron chi connectivity index (χ4n) is 2.03. The molecule has 0 saturated heterocycles. The van der Waals surface area contributed by atoms with E-state index in [1.165, 1.54) is 13.0 Å². The van der Waals surface area contributed by atoms with Crippen LogP contribution in [0.15, 0.2) is 23.0 Å². The van der Waals surface area contributed by atoms with E-state index in [2.05, 4.69) is 4.74 Å². The quantitative estimate of drug-likeness (QED) is 0.657. The third-order valence-electron chi connectivity index (χ3n) is 3.11. The number of rotatable bonds is 3. The molecule has 4 nitrogen and oxygen atoms in total. The molecule has 0 saturated carbocycles. The van der Waals surface area contributed by atoms with Gasteiger partial charge in [0.25, 0.3) is 0 Å². The number of fused-ring (bicyclic) bond motifs is 1. The molecule has 0 bridgehead atoms. The highest BCUT2D eigenvalue weighted by Crippen LogP contribution is 2.44. The molecule has 0 aliphatic heterocycles. The van der Waals surface area contributed by atoms with Gasteiger partial charge in [-0.2, -0.15) is 22.0 Å². The van der Waals surface area contributed by atoms with Crippen molar-refractivity contribution in [3.05, 3.63) is 44.7 Å². The number of aromatic nitrogens is 1. The summed E-state index contributed by atoms with van der Waals surface area (Å²) in [7, 11) is 0. The van der Waals surface area contributed by atoms with Crippen LogP contribution in [-0.2, 0) is 10.7 Å². The van der Waals surface area contributed by atoms with Crippen molar-refractivity contribution in [2.75, 3.05) is 6.61 Å². The molecule has 2 rings (SSSR count). The van der Waals surface area contributed by atoms with E-state index in [9.17, 15) is 31.5 Å². The van der Waals surface area contributed by atoms with Crippen LogP contribution in [-0.4, -0.2) is 23.7 Å². The maximum atomic E-state index is 13.8. The maximum Gasteiger partial charge on any atom is 0.459 e. The summed E-state index contributed by atoms with van der Waals surface area (Å²) in [6, 6.07) is 3.30. The second kappa shape index (κ2) is 6.04. The maximum absolute atomic E-state index is 13.8. The van der Waals surface area contributed by atoms with Crippen LogP contribution in [0, 0.1) is 0 Å².